The van der Waals surface area contributed by atoms with E-state index < -0.39 is 8.80 Å². The van der Waals surface area contributed by atoms with Gasteiger partial charge < -0.3 is 13.3 Å². The Bertz CT molecular complexity index is 141. The van der Waals surface area contributed by atoms with E-state index in [1.54, 1.807) is 21.3 Å². The van der Waals surface area contributed by atoms with E-state index in [1.807, 2.05) is 0 Å². The second-order valence-corrected chi connectivity index (χ2v) is 7.26. The van der Waals surface area contributed by atoms with Crippen molar-refractivity contribution < 1.29 is 13.3 Å². The van der Waals surface area contributed by atoms with E-state index in [0.29, 0.717) is 0 Å². The van der Waals surface area contributed by atoms with E-state index >= 15 is 0 Å². The molecule has 0 aliphatic carbocycles. The van der Waals surface area contributed by atoms with Crippen molar-refractivity contribution in [3.8, 4) is 0 Å². The molecule has 3 nitrogen and oxygen atoms in total. The molecule has 0 rings (SSSR count). The lowest BCUT2D eigenvalue weighted by atomic mass is 10.1. The third-order valence-corrected chi connectivity index (χ3v) is 5.85. The van der Waals surface area contributed by atoms with Gasteiger partial charge in [0.25, 0.3) is 0 Å². The fourth-order valence-corrected chi connectivity index (χ4v) is 3.65. The van der Waals surface area contributed by atoms with Crippen LogP contribution in [0.25, 0.3) is 0 Å². The van der Waals surface area contributed by atoms with Gasteiger partial charge in [0.15, 0.2) is 0 Å². The highest BCUT2D eigenvalue weighted by atomic mass is 28.4. The van der Waals surface area contributed by atoms with Crippen molar-refractivity contribution >= 4 is 8.80 Å². The van der Waals surface area contributed by atoms with Gasteiger partial charge in [0.05, 0.1) is 0 Å². The summed E-state index contributed by atoms with van der Waals surface area (Å²) in [6.07, 6.45) is 9.14. The van der Waals surface area contributed by atoms with Crippen LogP contribution in [-0.4, -0.2) is 30.1 Å². The molecule has 0 fully saturated rings. The van der Waals surface area contributed by atoms with Crippen LogP contribution in [0.2, 0.25) is 6.04 Å². The van der Waals surface area contributed by atoms with Crippen molar-refractivity contribution in [3.63, 3.8) is 0 Å². The molecule has 0 bridgehead atoms. The lowest BCUT2D eigenvalue weighted by molar-refractivity contribution is 0.122. The Kier molecular flexibility index (Phi) is 10.3. The van der Waals surface area contributed by atoms with Crippen LogP contribution in [0.15, 0.2) is 0 Å². The van der Waals surface area contributed by atoms with Gasteiger partial charge in [-0.05, 0) is 6.42 Å². The Labute approximate surface area is 102 Å². The van der Waals surface area contributed by atoms with Crippen LogP contribution >= 0.6 is 0 Å². The summed E-state index contributed by atoms with van der Waals surface area (Å²) in [6.45, 7) is 2.25. The second-order valence-electron chi connectivity index (χ2n) is 4.17. The third-order valence-electron chi connectivity index (χ3n) is 3.02. The van der Waals surface area contributed by atoms with E-state index in [2.05, 4.69) is 6.92 Å². The lowest BCUT2D eigenvalue weighted by Crippen LogP contribution is -2.42. The highest BCUT2D eigenvalue weighted by Gasteiger charge is 2.36. The molecule has 0 N–H and O–H groups in total. The maximum atomic E-state index is 5.38. The van der Waals surface area contributed by atoms with Crippen LogP contribution in [0.5, 0.6) is 0 Å². The lowest BCUT2D eigenvalue weighted by Gasteiger charge is -2.24. The summed E-state index contributed by atoms with van der Waals surface area (Å²) in [6, 6.07) is 0.935. The minimum Gasteiger partial charge on any atom is -0.377 e. The zero-order valence-corrected chi connectivity index (χ0v) is 12.4. The Morgan fingerprint density at radius 1 is 0.688 bits per heavy atom. The van der Waals surface area contributed by atoms with E-state index in [1.165, 1.54) is 38.5 Å². The fraction of sp³-hybridized carbons (Fsp3) is 1.00. The molecular formula is C12H28O3Si. The standard InChI is InChI=1S/C12H28O3Si/c1-5-6-7-8-9-10-11-12-16(13-2,14-3)15-4/h5-12H2,1-4H3. The van der Waals surface area contributed by atoms with Crippen LogP contribution in [0.3, 0.4) is 0 Å². The van der Waals surface area contributed by atoms with Crippen molar-refractivity contribution in [1.29, 1.82) is 0 Å². The summed E-state index contributed by atoms with van der Waals surface area (Å²) < 4.78 is 16.1. The van der Waals surface area contributed by atoms with Gasteiger partial charge in [0, 0.05) is 27.4 Å². The van der Waals surface area contributed by atoms with Crippen LogP contribution in [-0.2, 0) is 13.3 Å². The molecule has 0 aromatic rings. The first-order valence-electron chi connectivity index (χ1n) is 6.40. The molecule has 16 heavy (non-hydrogen) atoms. The van der Waals surface area contributed by atoms with Gasteiger partial charge >= 0.3 is 8.80 Å². The molecule has 0 radical (unpaired) electrons. The van der Waals surface area contributed by atoms with Gasteiger partial charge in [0.1, 0.15) is 0 Å². The fourth-order valence-electron chi connectivity index (χ4n) is 1.85. The number of rotatable bonds is 11. The number of hydrogen-bond acceptors (Lipinski definition) is 3. The Morgan fingerprint density at radius 3 is 1.56 bits per heavy atom. The Balaban J connectivity index is 3.48. The Hall–Kier alpha value is 0.0969. The van der Waals surface area contributed by atoms with Crippen molar-refractivity contribution in [2.45, 2.75) is 57.9 Å². The summed E-state index contributed by atoms with van der Waals surface area (Å²) in [5.74, 6) is 0. The van der Waals surface area contributed by atoms with Gasteiger partial charge in [0.2, 0.25) is 0 Å². The molecule has 0 amide bonds. The van der Waals surface area contributed by atoms with Crippen molar-refractivity contribution in [1.82, 2.24) is 0 Å². The van der Waals surface area contributed by atoms with Gasteiger partial charge in [-0.2, -0.15) is 0 Å². The Morgan fingerprint density at radius 2 is 1.12 bits per heavy atom. The molecule has 4 heteroatoms. The third kappa shape index (κ3) is 6.63. The first-order valence-corrected chi connectivity index (χ1v) is 8.33. The maximum absolute atomic E-state index is 5.38. The van der Waals surface area contributed by atoms with Gasteiger partial charge in [-0.15, -0.1) is 0 Å². The molecule has 0 spiro atoms. The number of unbranched alkanes of at least 4 members (excludes halogenated alkanes) is 6. The minimum atomic E-state index is -2.29. The van der Waals surface area contributed by atoms with Gasteiger partial charge in [-0.25, -0.2) is 0 Å². The first-order chi connectivity index (χ1) is 7.74. The zero-order chi connectivity index (χ0) is 12.3. The van der Waals surface area contributed by atoms with E-state index in [-0.39, 0.29) is 0 Å². The highest BCUT2D eigenvalue weighted by Crippen LogP contribution is 2.18. The maximum Gasteiger partial charge on any atom is 0.500 e. The van der Waals surface area contributed by atoms with Crippen LogP contribution in [0, 0.1) is 0 Å². The molecule has 0 saturated heterocycles. The molecule has 0 atom stereocenters. The predicted molar refractivity (Wildman–Crippen MR) is 69.6 cm³/mol. The van der Waals surface area contributed by atoms with Gasteiger partial charge in [-0.1, -0.05) is 45.4 Å². The van der Waals surface area contributed by atoms with Crippen molar-refractivity contribution in [2.75, 3.05) is 21.3 Å². The zero-order valence-electron chi connectivity index (χ0n) is 11.4. The van der Waals surface area contributed by atoms with Crippen molar-refractivity contribution in [2.24, 2.45) is 0 Å². The van der Waals surface area contributed by atoms with E-state index in [9.17, 15) is 0 Å². The molecular weight excluding hydrogens is 220 g/mol. The first kappa shape index (κ1) is 16.1. The average Bonchev–Trinajstić information content (AvgIpc) is 2.34. The highest BCUT2D eigenvalue weighted by molar-refractivity contribution is 6.60. The minimum absolute atomic E-state index is 0.935. The van der Waals surface area contributed by atoms with Crippen LogP contribution in [0.4, 0.5) is 0 Å². The molecule has 0 aromatic carbocycles. The second kappa shape index (κ2) is 10.3. The normalized spacial score (nSPS) is 12.0. The summed E-state index contributed by atoms with van der Waals surface area (Å²) in [7, 11) is 2.75. The smallest absolute Gasteiger partial charge is 0.377 e. The molecule has 0 aromatic heterocycles. The van der Waals surface area contributed by atoms with Gasteiger partial charge in [-0.3, -0.25) is 0 Å². The van der Waals surface area contributed by atoms with E-state index in [4.69, 9.17) is 13.3 Å². The molecule has 98 valence electrons. The summed E-state index contributed by atoms with van der Waals surface area (Å²) in [4.78, 5) is 0. The summed E-state index contributed by atoms with van der Waals surface area (Å²) in [5, 5.41) is 0. The average molecular weight is 248 g/mol. The summed E-state index contributed by atoms with van der Waals surface area (Å²) in [5.41, 5.74) is 0. The van der Waals surface area contributed by atoms with Crippen LogP contribution in [0.1, 0.15) is 51.9 Å². The largest absolute Gasteiger partial charge is 0.500 e. The molecule has 0 heterocycles. The van der Waals surface area contributed by atoms with Crippen LogP contribution < -0.4 is 0 Å². The quantitative estimate of drug-likeness (QED) is 0.413. The number of hydrogen-bond donors (Lipinski definition) is 0. The summed E-state index contributed by atoms with van der Waals surface area (Å²) >= 11 is 0. The molecule has 0 saturated carbocycles. The predicted octanol–water partition coefficient (Wildman–Crippen LogP) is 3.62. The molecule has 0 unspecified atom stereocenters. The topological polar surface area (TPSA) is 27.7 Å². The molecule has 0 aliphatic rings. The monoisotopic (exact) mass is 248 g/mol. The van der Waals surface area contributed by atoms with Crippen molar-refractivity contribution in [3.05, 3.63) is 0 Å². The van der Waals surface area contributed by atoms with E-state index in [0.717, 1.165) is 12.5 Å². The SMILES string of the molecule is CCCCCCCCC[Si](OC)(OC)OC. The molecule has 0 aliphatic heterocycles.